The molecule has 0 bridgehead atoms. The zero-order chi connectivity index (χ0) is 17.3. The van der Waals surface area contributed by atoms with Crippen LogP contribution in [0.2, 0.25) is 0 Å². The van der Waals surface area contributed by atoms with Crippen LogP contribution in [0.15, 0.2) is 29.2 Å². The van der Waals surface area contributed by atoms with Gasteiger partial charge in [0.1, 0.15) is 0 Å². The van der Waals surface area contributed by atoms with Crippen molar-refractivity contribution >= 4 is 17.2 Å². The topological polar surface area (TPSA) is 41.6 Å². The van der Waals surface area contributed by atoms with Gasteiger partial charge in [0.2, 0.25) is 5.91 Å². The number of nitrogens with zero attached hydrogens (tertiary/aromatic N) is 1. The van der Waals surface area contributed by atoms with Crippen LogP contribution in [0, 0.1) is 0 Å². The molecule has 1 aromatic heterocycles. The van der Waals surface area contributed by atoms with Crippen molar-refractivity contribution in [3.8, 4) is 0 Å². The van der Waals surface area contributed by atoms with Gasteiger partial charge in [0, 0.05) is 31.1 Å². The second-order valence-corrected chi connectivity index (χ2v) is 8.12. The number of carbonyl (C=O) groups excluding carboxylic acids is 1. The zero-order valence-corrected chi connectivity index (χ0v) is 15.9. The number of nitrogens with one attached hydrogen (secondary N) is 1. The van der Waals surface area contributed by atoms with Crippen LogP contribution >= 0.6 is 11.3 Å². The molecule has 1 fully saturated rings. The standard InChI is InChI=1S/C20H30N2O2S/c23-20(21-11-10-17-6-2-1-3-7-17)16-22(14-18-8-4-12-24-18)15-19-9-5-13-25-19/h5-6,9,13,18H,1-4,7-8,10-12,14-16H2,(H,21,23). The summed E-state index contributed by atoms with van der Waals surface area (Å²) in [5, 5.41) is 5.20. The molecule has 0 aromatic carbocycles. The normalized spacial score (nSPS) is 20.7. The Bertz CT molecular complexity index is 550. The summed E-state index contributed by atoms with van der Waals surface area (Å²) in [4.78, 5) is 15.9. The summed E-state index contributed by atoms with van der Waals surface area (Å²) in [5.74, 6) is 0.131. The molecular formula is C20H30N2O2S. The van der Waals surface area contributed by atoms with E-state index >= 15 is 0 Å². The van der Waals surface area contributed by atoms with E-state index in [1.54, 1.807) is 11.3 Å². The molecule has 1 saturated heterocycles. The molecule has 5 heteroatoms. The van der Waals surface area contributed by atoms with Gasteiger partial charge in [-0.15, -0.1) is 11.3 Å². The van der Waals surface area contributed by atoms with Crippen molar-refractivity contribution in [2.75, 3.05) is 26.2 Å². The third kappa shape index (κ3) is 6.57. The van der Waals surface area contributed by atoms with Gasteiger partial charge in [-0.3, -0.25) is 9.69 Å². The highest BCUT2D eigenvalue weighted by molar-refractivity contribution is 7.09. The van der Waals surface area contributed by atoms with E-state index < -0.39 is 0 Å². The maximum atomic E-state index is 12.4. The van der Waals surface area contributed by atoms with E-state index in [2.05, 4.69) is 33.8 Å². The van der Waals surface area contributed by atoms with Gasteiger partial charge in [0.15, 0.2) is 0 Å². The number of thiophene rings is 1. The van der Waals surface area contributed by atoms with E-state index in [1.807, 2.05) is 0 Å². The van der Waals surface area contributed by atoms with Gasteiger partial charge in [-0.05, 0) is 56.4 Å². The average Bonchev–Trinajstić information content (AvgIpc) is 3.30. The van der Waals surface area contributed by atoms with Crippen molar-refractivity contribution in [2.24, 2.45) is 0 Å². The van der Waals surface area contributed by atoms with E-state index in [9.17, 15) is 4.79 Å². The Morgan fingerprint density at radius 3 is 3.04 bits per heavy atom. The Morgan fingerprint density at radius 1 is 1.36 bits per heavy atom. The first-order valence-electron chi connectivity index (χ1n) is 9.60. The van der Waals surface area contributed by atoms with Gasteiger partial charge in [0.25, 0.3) is 0 Å². The first kappa shape index (κ1) is 18.6. The van der Waals surface area contributed by atoms with E-state index in [4.69, 9.17) is 4.74 Å². The van der Waals surface area contributed by atoms with Crippen molar-refractivity contribution in [3.05, 3.63) is 34.0 Å². The van der Waals surface area contributed by atoms with Gasteiger partial charge in [0.05, 0.1) is 12.6 Å². The summed E-state index contributed by atoms with van der Waals surface area (Å²) in [6.07, 6.45) is 10.9. The van der Waals surface area contributed by atoms with Crippen LogP contribution in [0.5, 0.6) is 0 Å². The fraction of sp³-hybridized carbons (Fsp3) is 0.650. The van der Waals surface area contributed by atoms with Crippen LogP contribution in [-0.4, -0.2) is 43.2 Å². The highest BCUT2D eigenvalue weighted by atomic mass is 32.1. The summed E-state index contributed by atoms with van der Waals surface area (Å²) in [6.45, 7) is 3.75. The van der Waals surface area contributed by atoms with Crippen LogP contribution < -0.4 is 5.32 Å². The molecule has 1 aliphatic carbocycles. The van der Waals surface area contributed by atoms with E-state index in [0.717, 1.165) is 45.5 Å². The molecule has 0 radical (unpaired) electrons. The predicted molar refractivity (Wildman–Crippen MR) is 103 cm³/mol. The number of hydrogen-bond acceptors (Lipinski definition) is 4. The van der Waals surface area contributed by atoms with Gasteiger partial charge in [-0.25, -0.2) is 0 Å². The summed E-state index contributed by atoms with van der Waals surface area (Å²) in [6, 6.07) is 4.21. The molecule has 1 N–H and O–H groups in total. The minimum Gasteiger partial charge on any atom is -0.377 e. The summed E-state index contributed by atoms with van der Waals surface area (Å²) < 4.78 is 5.77. The van der Waals surface area contributed by atoms with Crippen LogP contribution in [0.3, 0.4) is 0 Å². The molecule has 25 heavy (non-hydrogen) atoms. The highest BCUT2D eigenvalue weighted by Gasteiger charge is 2.21. The number of allylic oxidation sites excluding steroid dienone is 1. The molecule has 1 aliphatic heterocycles. The summed E-state index contributed by atoms with van der Waals surface area (Å²) >= 11 is 1.75. The lowest BCUT2D eigenvalue weighted by Crippen LogP contribution is -2.40. The Kier molecular flexibility index (Phi) is 7.52. The average molecular weight is 363 g/mol. The third-order valence-electron chi connectivity index (χ3n) is 4.97. The Balaban J connectivity index is 1.44. The predicted octanol–water partition coefficient (Wildman–Crippen LogP) is 3.74. The number of ether oxygens (including phenoxy) is 1. The number of rotatable bonds is 9. The number of amides is 1. The van der Waals surface area contributed by atoms with Gasteiger partial charge < -0.3 is 10.1 Å². The lowest BCUT2D eigenvalue weighted by atomic mass is 9.97. The quantitative estimate of drug-likeness (QED) is 0.681. The fourth-order valence-corrected chi connectivity index (χ4v) is 4.38. The number of hydrogen-bond donors (Lipinski definition) is 1. The monoisotopic (exact) mass is 362 g/mol. The molecule has 138 valence electrons. The van der Waals surface area contributed by atoms with Crippen molar-refractivity contribution < 1.29 is 9.53 Å². The van der Waals surface area contributed by atoms with Crippen molar-refractivity contribution in [1.82, 2.24) is 10.2 Å². The Labute approximate surface area is 155 Å². The maximum Gasteiger partial charge on any atom is 0.234 e. The SMILES string of the molecule is O=C(CN(Cc1cccs1)CC1CCCO1)NCCC1=CCCCC1. The molecule has 1 aromatic rings. The Hall–Kier alpha value is -1.17. The van der Waals surface area contributed by atoms with Crippen LogP contribution in [0.1, 0.15) is 49.8 Å². The van der Waals surface area contributed by atoms with E-state index in [0.29, 0.717) is 6.54 Å². The highest BCUT2D eigenvalue weighted by Crippen LogP contribution is 2.19. The first-order valence-corrected chi connectivity index (χ1v) is 10.5. The molecule has 3 rings (SSSR count). The second-order valence-electron chi connectivity index (χ2n) is 7.09. The van der Waals surface area contributed by atoms with E-state index in [1.165, 1.54) is 36.1 Å². The molecule has 2 heterocycles. The van der Waals surface area contributed by atoms with Gasteiger partial charge in [-0.1, -0.05) is 17.7 Å². The van der Waals surface area contributed by atoms with Crippen LogP contribution in [0.25, 0.3) is 0 Å². The van der Waals surface area contributed by atoms with E-state index in [-0.39, 0.29) is 12.0 Å². The molecule has 0 spiro atoms. The molecule has 1 amide bonds. The fourth-order valence-electron chi connectivity index (χ4n) is 3.64. The molecule has 1 unspecified atom stereocenters. The second kappa shape index (κ2) is 10.1. The molecule has 0 saturated carbocycles. The van der Waals surface area contributed by atoms with Gasteiger partial charge in [-0.2, -0.15) is 0 Å². The smallest absolute Gasteiger partial charge is 0.234 e. The lowest BCUT2D eigenvalue weighted by Gasteiger charge is -2.24. The van der Waals surface area contributed by atoms with Crippen LogP contribution in [-0.2, 0) is 16.1 Å². The molecular weight excluding hydrogens is 332 g/mol. The van der Waals surface area contributed by atoms with Crippen molar-refractivity contribution in [1.29, 1.82) is 0 Å². The minimum absolute atomic E-state index is 0.131. The van der Waals surface area contributed by atoms with Crippen molar-refractivity contribution in [2.45, 2.75) is 57.6 Å². The van der Waals surface area contributed by atoms with Gasteiger partial charge >= 0.3 is 0 Å². The molecule has 2 aliphatic rings. The Morgan fingerprint density at radius 2 is 2.32 bits per heavy atom. The maximum absolute atomic E-state index is 12.4. The van der Waals surface area contributed by atoms with Crippen molar-refractivity contribution in [3.63, 3.8) is 0 Å². The number of carbonyl (C=O) groups is 1. The minimum atomic E-state index is 0.131. The third-order valence-corrected chi connectivity index (χ3v) is 5.83. The summed E-state index contributed by atoms with van der Waals surface area (Å²) in [5.41, 5.74) is 1.52. The zero-order valence-electron chi connectivity index (χ0n) is 15.0. The lowest BCUT2D eigenvalue weighted by molar-refractivity contribution is -0.122. The summed E-state index contributed by atoms with van der Waals surface area (Å²) in [7, 11) is 0. The largest absolute Gasteiger partial charge is 0.377 e. The van der Waals surface area contributed by atoms with Crippen LogP contribution in [0.4, 0.5) is 0 Å². The first-order chi connectivity index (χ1) is 12.3. The molecule has 4 nitrogen and oxygen atoms in total. The molecule has 1 atom stereocenters.